The summed E-state index contributed by atoms with van der Waals surface area (Å²) in [6, 6.07) is 1.41. The summed E-state index contributed by atoms with van der Waals surface area (Å²) in [5.41, 5.74) is -0.0731. The van der Waals surface area contributed by atoms with Gasteiger partial charge in [0.25, 0.3) is 0 Å². The van der Waals surface area contributed by atoms with Gasteiger partial charge in [0.15, 0.2) is 0 Å². The number of hydrogen-bond acceptors (Lipinski definition) is 3. The van der Waals surface area contributed by atoms with Crippen molar-refractivity contribution in [1.82, 2.24) is 4.98 Å². The Morgan fingerprint density at radius 3 is 2.83 bits per heavy atom. The fourth-order valence-corrected chi connectivity index (χ4v) is 3.48. The minimum absolute atomic E-state index is 0.0731. The van der Waals surface area contributed by atoms with Crippen LogP contribution in [-0.2, 0) is 0 Å². The second-order valence-electron chi connectivity index (χ2n) is 1.84. The first-order chi connectivity index (χ1) is 5.66. The van der Waals surface area contributed by atoms with Crippen LogP contribution in [-0.4, -0.2) is 23.8 Å². The van der Waals surface area contributed by atoms with Crippen molar-refractivity contribution in [1.29, 1.82) is 0 Å². The molecule has 0 N–H and O–H groups in total. The van der Waals surface area contributed by atoms with Gasteiger partial charge in [0.05, 0.1) is 0 Å². The Balaban J connectivity index is 3.29. The fraction of sp³-hybridized carbons (Fsp3) is 0. The molecule has 12 heavy (non-hydrogen) atoms. The van der Waals surface area contributed by atoms with Gasteiger partial charge in [-0.3, -0.25) is 0 Å². The Labute approximate surface area is 86.7 Å². The summed E-state index contributed by atoms with van der Waals surface area (Å²) in [4.78, 5) is 13.8. The summed E-state index contributed by atoms with van der Waals surface area (Å²) in [6.07, 6.45) is 1.47. The molecular formula is C5H3AsBrClN2O2. The third kappa shape index (κ3) is 1.97. The molecule has 64 valence electrons. The summed E-state index contributed by atoms with van der Waals surface area (Å²) in [5.74, 6) is 0. The van der Waals surface area contributed by atoms with Crippen LogP contribution in [0, 0.1) is 10.1 Å². The van der Waals surface area contributed by atoms with Gasteiger partial charge in [-0.1, -0.05) is 0 Å². The second kappa shape index (κ2) is 4.21. The molecule has 1 heterocycles. The molecule has 1 unspecified atom stereocenters. The van der Waals surface area contributed by atoms with Crippen molar-refractivity contribution in [2.24, 2.45) is 0 Å². The Hall–Kier alpha value is -0.122. The summed E-state index contributed by atoms with van der Waals surface area (Å²) < 4.78 is 0.465. The molecule has 1 atom stereocenters. The predicted octanol–water partition coefficient (Wildman–Crippen LogP) is 1.01. The van der Waals surface area contributed by atoms with E-state index in [0.29, 0.717) is 4.48 Å². The SMILES string of the molecule is O=[N+]([O-])c1c(Cl)ccnc1[AsH]Br. The van der Waals surface area contributed by atoms with Crippen LogP contribution in [0.25, 0.3) is 0 Å². The molecule has 0 saturated carbocycles. The average molecular weight is 313 g/mol. The van der Waals surface area contributed by atoms with Crippen LogP contribution in [0.3, 0.4) is 0 Å². The van der Waals surface area contributed by atoms with Crippen LogP contribution in [0.1, 0.15) is 0 Å². The van der Waals surface area contributed by atoms with E-state index in [1.165, 1.54) is 12.3 Å². The first-order valence-electron chi connectivity index (χ1n) is 2.82. The Morgan fingerprint density at radius 2 is 2.42 bits per heavy atom. The molecule has 0 saturated heterocycles. The van der Waals surface area contributed by atoms with Gasteiger partial charge in [-0.25, -0.2) is 0 Å². The molecule has 4 nitrogen and oxygen atoms in total. The van der Waals surface area contributed by atoms with E-state index in [1.54, 1.807) is 0 Å². The molecule has 0 fully saturated rings. The topological polar surface area (TPSA) is 56.0 Å². The normalized spacial score (nSPS) is 10.8. The van der Waals surface area contributed by atoms with Crippen LogP contribution in [0.5, 0.6) is 0 Å². The monoisotopic (exact) mass is 312 g/mol. The number of aromatic nitrogens is 1. The van der Waals surface area contributed by atoms with Gasteiger partial charge in [0, 0.05) is 0 Å². The zero-order valence-electron chi connectivity index (χ0n) is 5.62. The number of halogens is 2. The van der Waals surface area contributed by atoms with E-state index in [1.807, 2.05) is 0 Å². The van der Waals surface area contributed by atoms with Crippen LogP contribution >= 0.6 is 25.5 Å². The number of pyridine rings is 1. The average Bonchev–Trinajstić information content (AvgIpc) is 2.03. The molecule has 0 amide bonds. The number of nitro groups is 1. The van der Waals surface area contributed by atoms with Crippen molar-refractivity contribution in [2.75, 3.05) is 0 Å². The quantitative estimate of drug-likeness (QED) is 0.465. The fourth-order valence-electron chi connectivity index (χ4n) is 0.673. The van der Waals surface area contributed by atoms with Crippen LogP contribution < -0.4 is 4.48 Å². The summed E-state index contributed by atoms with van der Waals surface area (Å²) in [7, 11) is 0. The van der Waals surface area contributed by atoms with Gasteiger partial charge in [-0.2, -0.15) is 0 Å². The van der Waals surface area contributed by atoms with Gasteiger partial charge < -0.3 is 0 Å². The molecule has 1 aromatic rings. The molecule has 1 aromatic heterocycles. The van der Waals surface area contributed by atoms with E-state index in [2.05, 4.69) is 18.9 Å². The summed E-state index contributed by atoms with van der Waals surface area (Å²) in [5, 5.41) is 10.6. The van der Waals surface area contributed by atoms with Crippen molar-refractivity contribution < 1.29 is 4.92 Å². The molecule has 0 aliphatic carbocycles. The van der Waals surface area contributed by atoms with E-state index in [-0.39, 0.29) is 10.7 Å². The summed E-state index contributed by atoms with van der Waals surface area (Å²) in [6.45, 7) is 0. The van der Waals surface area contributed by atoms with Crippen molar-refractivity contribution in [3.63, 3.8) is 0 Å². The number of rotatable bonds is 2. The Kier molecular flexibility index (Phi) is 3.50. The molecule has 7 heteroatoms. The van der Waals surface area contributed by atoms with Crippen LogP contribution in [0.4, 0.5) is 5.69 Å². The predicted molar refractivity (Wildman–Crippen MR) is 51.6 cm³/mol. The minimum atomic E-state index is -0.712. The van der Waals surface area contributed by atoms with Crippen molar-refractivity contribution in [3.05, 3.63) is 27.4 Å². The zero-order valence-corrected chi connectivity index (χ0v) is 10.1. The maximum atomic E-state index is 10.5. The van der Waals surface area contributed by atoms with E-state index >= 15 is 0 Å². The van der Waals surface area contributed by atoms with Gasteiger partial charge in [-0.05, 0) is 0 Å². The van der Waals surface area contributed by atoms with Crippen molar-refractivity contribution >= 4 is 49.6 Å². The third-order valence-corrected chi connectivity index (χ3v) is 4.55. The first kappa shape index (κ1) is 9.96. The van der Waals surface area contributed by atoms with E-state index in [0.717, 1.165) is 0 Å². The molecule has 0 bridgehead atoms. The van der Waals surface area contributed by atoms with E-state index in [4.69, 9.17) is 11.6 Å². The standard InChI is InChI=1S/C5H3AsBrClN2O2/c7-6-5-4(10(11)12)3(8)1-2-9-5/h1-2,6H. The number of nitrogens with zero attached hydrogens (tertiary/aromatic N) is 2. The van der Waals surface area contributed by atoms with Crippen LogP contribution in [0.2, 0.25) is 5.02 Å². The van der Waals surface area contributed by atoms with E-state index < -0.39 is 18.8 Å². The third-order valence-electron chi connectivity index (χ3n) is 1.15. The molecule has 0 aliphatic rings. The molecule has 0 aromatic carbocycles. The van der Waals surface area contributed by atoms with E-state index in [9.17, 15) is 10.1 Å². The first-order valence-corrected chi connectivity index (χ1v) is 9.16. The summed E-state index contributed by atoms with van der Waals surface area (Å²) >= 11 is 8.12. The van der Waals surface area contributed by atoms with Crippen LogP contribution in [0.15, 0.2) is 12.3 Å². The molecule has 0 aliphatic heterocycles. The Morgan fingerprint density at radius 1 is 1.75 bits per heavy atom. The number of hydrogen-bond donors (Lipinski definition) is 0. The maximum absolute atomic E-state index is 10.5. The van der Waals surface area contributed by atoms with Crippen molar-refractivity contribution in [2.45, 2.75) is 0 Å². The van der Waals surface area contributed by atoms with Crippen molar-refractivity contribution in [3.8, 4) is 0 Å². The van der Waals surface area contributed by atoms with Gasteiger partial charge in [0.2, 0.25) is 0 Å². The molecule has 0 spiro atoms. The molecule has 0 radical (unpaired) electrons. The zero-order chi connectivity index (χ0) is 9.14. The second-order valence-corrected chi connectivity index (χ2v) is 5.70. The van der Waals surface area contributed by atoms with Gasteiger partial charge in [0.1, 0.15) is 0 Å². The van der Waals surface area contributed by atoms with Gasteiger partial charge >= 0.3 is 86.9 Å². The molecular weight excluding hydrogens is 310 g/mol. The molecule has 1 rings (SSSR count). The Bertz CT molecular complexity index is 322. The van der Waals surface area contributed by atoms with Gasteiger partial charge in [-0.15, -0.1) is 0 Å².